The lowest BCUT2D eigenvalue weighted by atomic mass is 9.84. The Kier molecular flexibility index (Phi) is 6.04. The second-order valence-corrected chi connectivity index (χ2v) is 20.8. The molecule has 80 heavy (non-hydrogen) atoms. The number of hydrogen-bond donors (Lipinski definition) is 0. The highest BCUT2D eigenvalue weighted by Gasteiger charge is 2.21. The van der Waals surface area contributed by atoms with Crippen LogP contribution in [0.15, 0.2) is 290 Å². The van der Waals surface area contributed by atoms with Crippen molar-refractivity contribution in [2.45, 2.75) is 0 Å². The van der Waals surface area contributed by atoms with E-state index < -0.39 is 212 Å². The quantitative estimate of drug-likeness (QED) is 0.151. The monoisotopic (exact) mass is 1080 g/mol. The first-order valence-corrected chi connectivity index (χ1v) is 26.7. The van der Waals surface area contributed by atoms with Crippen molar-refractivity contribution in [3.8, 4) is 55.6 Å². The van der Waals surface area contributed by atoms with Crippen LogP contribution in [-0.2, 0) is 0 Å². The molecule has 0 atom stereocenters. The Balaban J connectivity index is 0.000000169. The minimum atomic E-state index is -0.891. The molecule has 15 aromatic carbocycles. The lowest BCUT2D eigenvalue weighted by Crippen LogP contribution is -1.91. The van der Waals surface area contributed by atoms with Gasteiger partial charge < -0.3 is 0 Å². The SMILES string of the molecule is [2H]c1c([2H])c([2H])c2c(-c3cccc4ccccc34)c3c([2H])c([2H])c([2H])c([2H])c3c(-c3ccc(-c4ccc5c(c4)sc4ccccc45)cc3)c2c1[2H].[2H]c1c([2H])c([2H])c2c(sc3c([2H])c(-c4c5c([2H])c([2H])c([2H])c([2H])c5c(-c5c([2H])c([2H])c([2H])c6c([2H])c([2H])c([2H])c([2H])c56)c5c([2H])c([2H])c([2H])c([2H])c45)c([2H])c([2H])c32)c1[2H]. The van der Waals surface area contributed by atoms with Gasteiger partial charge in [0.15, 0.2) is 0 Å². The first kappa shape index (κ1) is 25.4. The van der Waals surface area contributed by atoms with Gasteiger partial charge in [-0.25, -0.2) is 0 Å². The molecule has 2 heterocycles. The predicted octanol–water partition coefficient (Wildman–Crippen LogP) is 23.4. The molecule has 2 aromatic heterocycles. The smallest absolute Gasteiger partial charge is 0.0644 e. The Morgan fingerprint density at radius 3 is 1.39 bits per heavy atom. The van der Waals surface area contributed by atoms with Gasteiger partial charge in [-0.05, 0) is 144 Å². The van der Waals surface area contributed by atoms with Gasteiger partial charge in [0.05, 0.1) is 41.1 Å². The Bertz CT molecular complexity index is 6970. The van der Waals surface area contributed by atoms with Gasteiger partial charge in [-0.2, -0.15) is 0 Å². The first-order chi connectivity index (χ1) is 52.2. The van der Waals surface area contributed by atoms with Gasteiger partial charge >= 0.3 is 0 Å². The Labute approximate surface area is 513 Å². The average molecular weight is 1080 g/mol. The number of thiophene rings is 2. The molecule has 0 saturated heterocycles. The van der Waals surface area contributed by atoms with E-state index in [1.807, 2.05) is 78.9 Å². The maximum absolute atomic E-state index is 9.54. The number of rotatable bonds is 5. The van der Waals surface area contributed by atoms with Crippen molar-refractivity contribution in [1.29, 1.82) is 0 Å². The molecule has 0 saturated carbocycles. The van der Waals surface area contributed by atoms with Gasteiger partial charge in [0.25, 0.3) is 0 Å². The Hall–Kier alpha value is -9.70. The van der Waals surface area contributed by atoms with Gasteiger partial charge in [0, 0.05) is 40.3 Å². The van der Waals surface area contributed by atoms with Crippen molar-refractivity contribution in [2.24, 2.45) is 0 Å². The summed E-state index contributed by atoms with van der Waals surface area (Å²) < 4.78 is 269. The summed E-state index contributed by atoms with van der Waals surface area (Å²) in [7, 11) is 0. The number of fused-ring (bicyclic) bond motifs is 12. The highest BCUT2D eigenvalue weighted by molar-refractivity contribution is 7.26. The molecule has 0 unspecified atom stereocenters. The Morgan fingerprint density at radius 2 is 0.700 bits per heavy atom. The summed E-state index contributed by atoms with van der Waals surface area (Å²) >= 11 is 2.43. The van der Waals surface area contributed by atoms with Gasteiger partial charge in [0.1, 0.15) is 0 Å². The molecule has 0 aliphatic carbocycles. The van der Waals surface area contributed by atoms with Crippen LogP contribution in [0, 0.1) is 0 Å². The second kappa shape index (κ2) is 19.0. The van der Waals surface area contributed by atoms with E-state index in [2.05, 4.69) is 30.3 Å². The zero-order valence-corrected chi connectivity index (χ0v) is 42.8. The molecule has 17 aromatic rings. The van der Waals surface area contributed by atoms with Crippen LogP contribution in [-0.4, -0.2) is 0 Å². The van der Waals surface area contributed by atoms with Crippen LogP contribution in [0.5, 0.6) is 0 Å². The van der Waals surface area contributed by atoms with E-state index in [9.17, 15) is 16.4 Å². The van der Waals surface area contributed by atoms with Crippen LogP contribution in [0.4, 0.5) is 0 Å². The normalized spacial score (nSPS) is 17.0. The maximum Gasteiger partial charge on any atom is 0.0644 e. The molecule has 2 heteroatoms. The zero-order chi connectivity index (χ0) is 78.8. The average Bonchev–Trinajstić information content (AvgIpc) is 1.23. The molecule has 0 fully saturated rings. The van der Waals surface area contributed by atoms with Gasteiger partial charge in [-0.1, -0.05) is 266 Å². The van der Waals surface area contributed by atoms with Crippen molar-refractivity contribution < 1.29 is 41.1 Å². The van der Waals surface area contributed by atoms with Crippen LogP contribution < -0.4 is 0 Å². The Morgan fingerprint density at radius 1 is 0.225 bits per heavy atom. The molecule has 17 rings (SSSR count). The van der Waals surface area contributed by atoms with E-state index in [1.54, 1.807) is 11.3 Å². The highest BCUT2D eigenvalue weighted by atomic mass is 32.1. The fourth-order valence-electron chi connectivity index (χ4n) is 10.9. The molecule has 0 amide bonds. The highest BCUT2D eigenvalue weighted by Crippen LogP contribution is 2.48. The summed E-state index contributed by atoms with van der Waals surface area (Å²) in [4.78, 5) is 0. The summed E-state index contributed by atoms with van der Waals surface area (Å²) in [5.41, 5.74) is 1.56. The third kappa shape index (κ3) is 7.56. The van der Waals surface area contributed by atoms with E-state index in [4.69, 9.17) is 24.7 Å². The van der Waals surface area contributed by atoms with Gasteiger partial charge in [-0.15, -0.1) is 22.7 Å². The minimum Gasteiger partial charge on any atom is -0.135 e. The fraction of sp³-hybridized carbons (Fsp3) is 0. The van der Waals surface area contributed by atoms with Crippen LogP contribution in [0.1, 0.15) is 41.1 Å². The first-order valence-electron chi connectivity index (χ1n) is 40.0. The molecule has 0 nitrogen and oxygen atoms in total. The largest absolute Gasteiger partial charge is 0.135 e. The molecule has 0 bridgehead atoms. The molecule has 0 N–H and O–H groups in total. The third-order valence-electron chi connectivity index (χ3n) is 14.4. The summed E-state index contributed by atoms with van der Waals surface area (Å²) in [6.07, 6.45) is 0. The van der Waals surface area contributed by atoms with Crippen molar-refractivity contribution in [3.05, 3.63) is 290 Å². The summed E-state index contributed by atoms with van der Waals surface area (Å²) in [5, 5.41) is 1.17. The molecule has 0 spiro atoms. The maximum atomic E-state index is 9.54. The van der Waals surface area contributed by atoms with Gasteiger partial charge in [0.2, 0.25) is 0 Å². The van der Waals surface area contributed by atoms with Crippen LogP contribution in [0.3, 0.4) is 0 Å². The van der Waals surface area contributed by atoms with Crippen molar-refractivity contribution in [2.75, 3.05) is 0 Å². The van der Waals surface area contributed by atoms with E-state index in [-0.39, 0.29) is 65.9 Å². The standard InChI is InChI=1S/C42H26S.C36H22S/c1-2-12-31-28(10-1)11-9-18-34(31)42-37-16-5-3-14-35(37)41(36-15-4-6-17-38(36)42)29-22-20-27(21-23-29)30-24-25-33-32-13-7-8-19-39(32)43-40(33)26-30;1-2-12-25-23(10-1)11-9-18-28(25)36-31-16-5-3-14-29(31)35(30-15-4-6-17-32(30)36)24-20-21-27-26-13-7-8-19-33(26)37-34(27)22-24/h1-26H;1-22H/i3D,4D,5D,6D,14D,15D,16D,17D;1D,2D,3D,4D,5D,6D,7D,8D,9D,10D,11D,12D,13D,14D,15D,16D,17D,18D,19D,20D,21D,22D. The topological polar surface area (TPSA) is 0 Å². The molecule has 0 aliphatic rings. The fourth-order valence-corrected chi connectivity index (χ4v) is 13.0. The number of benzene rings is 15. The zero-order valence-electron chi connectivity index (χ0n) is 71.2. The molecule has 0 aliphatic heterocycles. The minimum absolute atomic E-state index is 0.0538. The molecule has 0 radical (unpaired) electrons. The van der Waals surface area contributed by atoms with Crippen molar-refractivity contribution in [3.63, 3.8) is 0 Å². The number of hydrogen-bond acceptors (Lipinski definition) is 2. The van der Waals surface area contributed by atoms with Gasteiger partial charge in [-0.3, -0.25) is 0 Å². The van der Waals surface area contributed by atoms with E-state index >= 15 is 0 Å². The van der Waals surface area contributed by atoms with E-state index in [0.29, 0.717) is 33.6 Å². The summed E-state index contributed by atoms with van der Waals surface area (Å²) in [6.45, 7) is 0. The summed E-state index contributed by atoms with van der Waals surface area (Å²) in [6, 6.07) is 15.8. The van der Waals surface area contributed by atoms with Crippen molar-refractivity contribution >= 4 is 128 Å². The van der Waals surface area contributed by atoms with Crippen LogP contribution >= 0.6 is 22.7 Å². The second-order valence-electron chi connectivity index (χ2n) is 18.7. The van der Waals surface area contributed by atoms with Crippen LogP contribution in [0.25, 0.3) is 161 Å². The molecule has 372 valence electrons. The van der Waals surface area contributed by atoms with Crippen LogP contribution in [0.2, 0.25) is 0 Å². The molecular formula is C78H48S2. The lowest BCUT2D eigenvalue weighted by molar-refractivity contribution is 1.64. The lowest BCUT2D eigenvalue weighted by Gasteiger charge is -2.19. The molecular weight excluding hydrogens is 1000 g/mol. The summed E-state index contributed by atoms with van der Waals surface area (Å²) in [5.74, 6) is 0. The predicted molar refractivity (Wildman–Crippen MR) is 351 cm³/mol. The third-order valence-corrected chi connectivity index (χ3v) is 16.5. The van der Waals surface area contributed by atoms with E-state index in [1.165, 1.54) is 20.2 Å². The van der Waals surface area contributed by atoms with Crippen molar-refractivity contribution in [1.82, 2.24) is 0 Å². The van der Waals surface area contributed by atoms with E-state index in [0.717, 1.165) is 21.9 Å².